The topological polar surface area (TPSA) is 88.6 Å². The Morgan fingerprint density at radius 2 is 1.70 bits per heavy atom. The van der Waals surface area contributed by atoms with Crippen LogP contribution in [0, 0.1) is 12.8 Å². The van der Waals surface area contributed by atoms with Crippen molar-refractivity contribution in [1.82, 2.24) is 4.98 Å². The number of benzene rings is 2. The molecule has 2 N–H and O–H groups in total. The van der Waals surface area contributed by atoms with Crippen LogP contribution in [0.25, 0.3) is 0 Å². The summed E-state index contributed by atoms with van der Waals surface area (Å²) in [5.41, 5.74) is 2.78. The monoisotopic (exact) mass is 443 g/mol. The molecule has 1 aromatic heterocycles. The molecule has 3 aromatic rings. The molecule has 156 valence electrons. The Labute approximate surface area is 181 Å². The molecular formula is C22H21NO5S2. The average molecular weight is 444 g/mol. The second kappa shape index (κ2) is 8.20. The van der Waals surface area contributed by atoms with E-state index >= 15 is 0 Å². The molecule has 0 aliphatic carbocycles. The normalized spacial score (nSPS) is 20.4. The molecule has 1 aliphatic heterocycles. The zero-order valence-corrected chi connectivity index (χ0v) is 18.3. The summed E-state index contributed by atoms with van der Waals surface area (Å²) in [6, 6.07) is 13.3. The number of aryl methyl sites for hydroxylation is 1. The number of ether oxygens (including phenoxy) is 2. The molecule has 0 radical (unpaired) electrons. The van der Waals surface area contributed by atoms with Crippen molar-refractivity contribution in [1.29, 1.82) is 0 Å². The fourth-order valence-electron chi connectivity index (χ4n) is 3.87. The SMILES string of the molecule is COc1ccc([C@@H]2Sc3[nH]c(=O)sc3[C@H](c3ccc(C)cc3)[C@@H]2C(=O)O)cc1OC. The summed E-state index contributed by atoms with van der Waals surface area (Å²) in [6.07, 6.45) is 0. The number of aromatic amines is 1. The average Bonchev–Trinajstić information content (AvgIpc) is 3.12. The Morgan fingerprint density at radius 1 is 1.03 bits per heavy atom. The van der Waals surface area contributed by atoms with Gasteiger partial charge in [-0.05, 0) is 30.2 Å². The van der Waals surface area contributed by atoms with E-state index in [0.717, 1.165) is 37.9 Å². The lowest BCUT2D eigenvalue weighted by atomic mass is 9.80. The summed E-state index contributed by atoms with van der Waals surface area (Å²) in [5, 5.41) is 10.6. The van der Waals surface area contributed by atoms with E-state index in [1.54, 1.807) is 20.3 Å². The molecule has 8 heteroatoms. The number of H-pyrrole nitrogens is 1. The van der Waals surface area contributed by atoms with Crippen molar-refractivity contribution < 1.29 is 19.4 Å². The molecule has 0 unspecified atom stereocenters. The maximum atomic E-state index is 12.5. The van der Waals surface area contributed by atoms with Gasteiger partial charge in [0.2, 0.25) is 0 Å². The summed E-state index contributed by atoms with van der Waals surface area (Å²) >= 11 is 2.47. The minimum absolute atomic E-state index is 0.179. The first-order valence-electron chi connectivity index (χ1n) is 9.34. The first-order chi connectivity index (χ1) is 14.4. The van der Waals surface area contributed by atoms with Gasteiger partial charge < -0.3 is 19.6 Å². The number of fused-ring (bicyclic) bond motifs is 1. The van der Waals surface area contributed by atoms with Crippen LogP contribution in [0.3, 0.4) is 0 Å². The van der Waals surface area contributed by atoms with E-state index in [4.69, 9.17) is 9.47 Å². The number of methoxy groups -OCH3 is 2. The van der Waals surface area contributed by atoms with Gasteiger partial charge in [0, 0.05) is 10.8 Å². The molecule has 1 aliphatic rings. The van der Waals surface area contributed by atoms with Crippen molar-refractivity contribution in [3.63, 3.8) is 0 Å². The van der Waals surface area contributed by atoms with Crippen molar-refractivity contribution in [2.45, 2.75) is 23.1 Å². The summed E-state index contributed by atoms with van der Waals surface area (Å²) in [7, 11) is 3.11. The smallest absolute Gasteiger partial charge is 0.308 e. The molecule has 0 saturated heterocycles. The van der Waals surface area contributed by atoms with E-state index in [0.29, 0.717) is 11.5 Å². The van der Waals surface area contributed by atoms with Crippen LogP contribution < -0.4 is 14.3 Å². The van der Waals surface area contributed by atoms with E-state index in [1.807, 2.05) is 43.3 Å². The van der Waals surface area contributed by atoms with E-state index in [-0.39, 0.29) is 4.87 Å². The molecule has 0 fully saturated rings. The third-order valence-electron chi connectivity index (χ3n) is 5.31. The van der Waals surface area contributed by atoms with Crippen LogP contribution in [-0.4, -0.2) is 30.3 Å². The molecule has 4 rings (SSSR count). The van der Waals surface area contributed by atoms with E-state index in [2.05, 4.69) is 4.98 Å². The first-order valence-corrected chi connectivity index (χ1v) is 11.0. The number of hydrogen-bond acceptors (Lipinski definition) is 6. The Morgan fingerprint density at radius 3 is 2.33 bits per heavy atom. The van der Waals surface area contributed by atoms with Gasteiger partial charge in [0.15, 0.2) is 11.5 Å². The quantitative estimate of drug-likeness (QED) is 0.606. The van der Waals surface area contributed by atoms with Crippen LogP contribution in [0.5, 0.6) is 11.5 Å². The fraction of sp³-hybridized carbons (Fsp3) is 0.273. The van der Waals surface area contributed by atoms with E-state index in [9.17, 15) is 14.7 Å². The molecule has 6 nitrogen and oxygen atoms in total. The van der Waals surface area contributed by atoms with Crippen LogP contribution in [0.2, 0.25) is 0 Å². The predicted octanol–water partition coefficient (Wildman–Crippen LogP) is 4.44. The number of thiazole rings is 1. The largest absolute Gasteiger partial charge is 0.493 e. The lowest BCUT2D eigenvalue weighted by molar-refractivity contribution is -0.142. The van der Waals surface area contributed by atoms with Crippen LogP contribution in [0.1, 0.15) is 32.7 Å². The number of rotatable bonds is 5. The summed E-state index contributed by atoms with van der Waals surface area (Å²) in [5.74, 6) is -0.972. The van der Waals surface area contributed by atoms with Crippen molar-refractivity contribution in [3.05, 3.63) is 73.7 Å². The van der Waals surface area contributed by atoms with Crippen molar-refractivity contribution in [3.8, 4) is 11.5 Å². The molecule has 0 saturated carbocycles. The molecule has 0 bridgehead atoms. The fourth-order valence-corrected chi connectivity index (χ4v) is 6.46. The highest BCUT2D eigenvalue weighted by atomic mass is 32.2. The molecule has 2 aromatic carbocycles. The first kappa shape index (κ1) is 20.6. The van der Waals surface area contributed by atoms with Crippen LogP contribution >= 0.6 is 23.1 Å². The second-order valence-electron chi connectivity index (χ2n) is 7.11. The number of carboxylic acid groups (broad SMARTS) is 1. The number of hydrogen-bond donors (Lipinski definition) is 2. The number of carbonyl (C=O) groups is 1. The maximum Gasteiger partial charge on any atom is 0.308 e. The molecule has 3 atom stereocenters. The highest BCUT2D eigenvalue weighted by Gasteiger charge is 2.45. The number of carboxylic acids is 1. The molecule has 0 spiro atoms. The van der Waals surface area contributed by atoms with Gasteiger partial charge in [-0.25, -0.2) is 0 Å². The number of thioether (sulfide) groups is 1. The minimum atomic E-state index is -0.903. The van der Waals surface area contributed by atoms with Gasteiger partial charge in [-0.1, -0.05) is 59.0 Å². The zero-order chi connectivity index (χ0) is 21.4. The summed E-state index contributed by atoms with van der Waals surface area (Å²) in [4.78, 5) is 28.2. The Balaban J connectivity index is 1.89. The maximum absolute atomic E-state index is 12.5. The van der Waals surface area contributed by atoms with Crippen molar-refractivity contribution in [2.24, 2.45) is 5.92 Å². The molecular weight excluding hydrogens is 422 g/mol. The summed E-state index contributed by atoms with van der Waals surface area (Å²) < 4.78 is 10.7. The van der Waals surface area contributed by atoms with Gasteiger partial charge in [-0.3, -0.25) is 9.59 Å². The van der Waals surface area contributed by atoms with Gasteiger partial charge in [0.1, 0.15) is 0 Å². The zero-order valence-electron chi connectivity index (χ0n) is 16.7. The van der Waals surface area contributed by atoms with Crippen LogP contribution in [-0.2, 0) is 4.79 Å². The standard InChI is InChI=1S/C22H21NO5S2/c1-11-4-6-12(7-5-11)16-17(21(24)25)18(29-20-19(16)30-22(26)23-20)13-8-9-14(27-2)15(10-13)28-3/h4-10,16-18H,1-3H3,(H,23,26)(H,24,25)/t16-,17+,18+/m1/s1. The van der Waals surface area contributed by atoms with Gasteiger partial charge in [-0.15, -0.1) is 0 Å². The Hall–Kier alpha value is -2.71. The number of aliphatic carboxylic acids is 1. The van der Waals surface area contributed by atoms with Gasteiger partial charge >= 0.3 is 10.8 Å². The summed E-state index contributed by atoms with van der Waals surface area (Å²) in [6.45, 7) is 1.99. The molecule has 30 heavy (non-hydrogen) atoms. The third-order valence-corrected chi connectivity index (χ3v) is 7.78. The van der Waals surface area contributed by atoms with Gasteiger partial charge in [0.25, 0.3) is 0 Å². The lowest BCUT2D eigenvalue weighted by Gasteiger charge is -2.35. The van der Waals surface area contributed by atoms with Gasteiger partial charge in [-0.2, -0.15) is 0 Å². The van der Waals surface area contributed by atoms with E-state index in [1.165, 1.54) is 11.8 Å². The van der Waals surface area contributed by atoms with Crippen molar-refractivity contribution in [2.75, 3.05) is 14.2 Å². The van der Waals surface area contributed by atoms with E-state index < -0.39 is 23.1 Å². The van der Waals surface area contributed by atoms with Gasteiger partial charge in [0.05, 0.1) is 30.4 Å². The minimum Gasteiger partial charge on any atom is -0.493 e. The number of nitrogens with one attached hydrogen (secondary N) is 1. The molecule has 0 amide bonds. The van der Waals surface area contributed by atoms with Crippen LogP contribution in [0.4, 0.5) is 0 Å². The predicted molar refractivity (Wildman–Crippen MR) is 117 cm³/mol. The van der Waals surface area contributed by atoms with Crippen LogP contribution in [0.15, 0.2) is 52.3 Å². The Kier molecular flexibility index (Phi) is 5.62. The highest BCUT2D eigenvalue weighted by molar-refractivity contribution is 7.99. The van der Waals surface area contributed by atoms with Crippen molar-refractivity contribution >= 4 is 29.1 Å². The lowest BCUT2D eigenvalue weighted by Crippen LogP contribution is -2.30. The third kappa shape index (κ3) is 3.61. The Bertz CT molecular complexity index is 1140. The highest BCUT2D eigenvalue weighted by Crippen LogP contribution is 2.56. The number of aromatic nitrogens is 1. The second-order valence-corrected chi connectivity index (χ2v) is 9.28. The molecule has 2 heterocycles.